The van der Waals surface area contributed by atoms with Crippen LogP contribution in [0, 0.1) is 0 Å². The van der Waals surface area contributed by atoms with Gasteiger partial charge in [-0.25, -0.2) is 0 Å². The van der Waals surface area contributed by atoms with Crippen LogP contribution in [0.5, 0.6) is 11.5 Å². The molecule has 2 rings (SSSR count). The molecule has 0 saturated heterocycles. The Labute approximate surface area is 109 Å². The molecule has 18 heavy (non-hydrogen) atoms. The van der Waals surface area contributed by atoms with Gasteiger partial charge in [0.05, 0.1) is 14.2 Å². The molecule has 3 heteroatoms. The highest BCUT2D eigenvalue weighted by atomic mass is 16.5. The topological polar surface area (TPSA) is 30.8 Å². The maximum Gasteiger partial charge on any atom is 0.161 e. The Morgan fingerprint density at radius 2 is 1.78 bits per heavy atom. The fraction of sp³-hybridized carbons (Fsp3) is 0.533. The number of aliphatic imine (C=N–C) groups is 1. The second kappa shape index (κ2) is 6.43. The summed E-state index contributed by atoms with van der Waals surface area (Å²) < 4.78 is 10.5. The van der Waals surface area contributed by atoms with Gasteiger partial charge < -0.3 is 9.47 Å². The largest absolute Gasteiger partial charge is 0.493 e. The lowest BCUT2D eigenvalue weighted by molar-refractivity contribution is 0.355. The first kappa shape index (κ1) is 12.9. The van der Waals surface area contributed by atoms with Crippen LogP contribution in [0.15, 0.2) is 23.2 Å². The standard InChI is InChI=1S/C15H21NO2/c1-17-14-9-8-12(10-15(14)18-2)11-16-13-6-4-3-5-7-13/h8-11,13H,3-7H2,1-2H3. The highest BCUT2D eigenvalue weighted by Gasteiger charge is 2.11. The molecule has 1 aliphatic rings. The zero-order valence-corrected chi connectivity index (χ0v) is 11.2. The Bertz CT molecular complexity index is 409. The normalized spacial score (nSPS) is 17.0. The molecule has 0 bridgehead atoms. The first-order chi connectivity index (χ1) is 8.83. The molecule has 0 spiro atoms. The Hall–Kier alpha value is -1.51. The van der Waals surface area contributed by atoms with Crippen LogP contribution in [0.2, 0.25) is 0 Å². The van der Waals surface area contributed by atoms with Crippen molar-refractivity contribution in [1.29, 1.82) is 0 Å². The lowest BCUT2D eigenvalue weighted by Gasteiger charge is -2.17. The second-order valence-corrected chi connectivity index (χ2v) is 4.68. The summed E-state index contributed by atoms with van der Waals surface area (Å²) in [4.78, 5) is 4.66. The van der Waals surface area contributed by atoms with E-state index in [0.29, 0.717) is 6.04 Å². The molecular weight excluding hydrogens is 226 g/mol. The molecule has 3 nitrogen and oxygen atoms in total. The number of nitrogens with zero attached hydrogens (tertiary/aromatic N) is 1. The van der Waals surface area contributed by atoms with Gasteiger partial charge in [-0.15, -0.1) is 0 Å². The summed E-state index contributed by atoms with van der Waals surface area (Å²) in [6.07, 6.45) is 8.40. The van der Waals surface area contributed by atoms with E-state index >= 15 is 0 Å². The summed E-state index contributed by atoms with van der Waals surface area (Å²) in [5.74, 6) is 1.51. The summed E-state index contributed by atoms with van der Waals surface area (Å²) in [7, 11) is 3.30. The van der Waals surface area contributed by atoms with E-state index in [-0.39, 0.29) is 0 Å². The molecule has 0 heterocycles. The first-order valence-electron chi connectivity index (χ1n) is 6.58. The van der Waals surface area contributed by atoms with E-state index in [4.69, 9.17) is 9.47 Å². The first-order valence-corrected chi connectivity index (χ1v) is 6.58. The fourth-order valence-corrected chi connectivity index (χ4v) is 2.35. The Morgan fingerprint density at radius 3 is 2.44 bits per heavy atom. The van der Waals surface area contributed by atoms with Gasteiger partial charge in [0, 0.05) is 12.3 Å². The molecule has 0 atom stereocenters. The van der Waals surface area contributed by atoms with Gasteiger partial charge in [-0.1, -0.05) is 19.3 Å². The molecule has 1 aliphatic carbocycles. The lowest BCUT2D eigenvalue weighted by Crippen LogP contribution is -2.09. The molecular formula is C15H21NO2. The number of methoxy groups -OCH3 is 2. The highest BCUT2D eigenvalue weighted by Crippen LogP contribution is 2.27. The molecule has 1 fully saturated rings. The van der Waals surface area contributed by atoms with E-state index in [2.05, 4.69) is 4.99 Å². The van der Waals surface area contributed by atoms with E-state index < -0.39 is 0 Å². The van der Waals surface area contributed by atoms with Crippen molar-refractivity contribution in [3.63, 3.8) is 0 Å². The quantitative estimate of drug-likeness (QED) is 0.763. The van der Waals surface area contributed by atoms with Crippen LogP contribution in [0.4, 0.5) is 0 Å². The van der Waals surface area contributed by atoms with Gasteiger partial charge in [-0.05, 0) is 36.6 Å². The summed E-state index contributed by atoms with van der Waals surface area (Å²) in [5.41, 5.74) is 1.07. The molecule has 0 radical (unpaired) electrons. The lowest BCUT2D eigenvalue weighted by atomic mass is 9.96. The SMILES string of the molecule is COc1ccc(C=NC2CCCCC2)cc1OC. The zero-order valence-electron chi connectivity index (χ0n) is 11.2. The number of hydrogen-bond acceptors (Lipinski definition) is 3. The van der Waals surface area contributed by atoms with Gasteiger partial charge in [0.25, 0.3) is 0 Å². The van der Waals surface area contributed by atoms with Crippen molar-refractivity contribution in [3.05, 3.63) is 23.8 Å². The molecule has 0 unspecified atom stereocenters. The molecule has 0 aliphatic heterocycles. The summed E-state index contributed by atoms with van der Waals surface area (Å²) in [5, 5.41) is 0. The van der Waals surface area contributed by atoms with Gasteiger partial charge in [-0.3, -0.25) is 4.99 Å². The van der Waals surface area contributed by atoms with Crippen LogP contribution in [0.25, 0.3) is 0 Å². The van der Waals surface area contributed by atoms with Crippen LogP contribution in [-0.2, 0) is 0 Å². The third-order valence-electron chi connectivity index (χ3n) is 3.42. The minimum absolute atomic E-state index is 0.506. The Morgan fingerprint density at radius 1 is 1.06 bits per heavy atom. The van der Waals surface area contributed by atoms with Crippen molar-refractivity contribution in [3.8, 4) is 11.5 Å². The van der Waals surface area contributed by atoms with Gasteiger partial charge in [-0.2, -0.15) is 0 Å². The van der Waals surface area contributed by atoms with Crippen molar-refractivity contribution in [2.75, 3.05) is 14.2 Å². The van der Waals surface area contributed by atoms with Crippen molar-refractivity contribution < 1.29 is 9.47 Å². The average Bonchev–Trinajstić information content (AvgIpc) is 2.45. The molecule has 1 aromatic rings. The Kier molecular flexibility index (Phi) is 4.62. The molecule has 1 saturated carbocycles. The van der Waals surface area contributed by atoms with E-state index in [1.807, 2.05) is 24.4 Å². The predicted molar refractivity (Wildman–Crippen MR) is 74.0 cm³/mol. The van der Waals surface area contributed by atoms with Crippen LogP contribution >= 0.6 is 0 Å². The van der Waals surface area contributed by atoms with Gasteiger partial charge >= 0.3 is 0 Å². The minimum atomic E-state index is 0.506. The smallest absolute Gasteiger partial charge is 0.161 e. The van der Waals surface area contributed by atoms with E-state index in [1.165, 1.54) is 32.1 Å². The summed E-state index contributed by atoms with van der Waals surface area (Å²) in [6, 6.07) is 6.40. The second-order valence-electron chi connectivity index (χ2n) is 4.68. The number of rotatable bonds is 4. The number of hydrogen-bond donors (Lipinski definition) is 0. The predicted octanol–water partition coefficient (Wildman–Crippen LogP) is 3.46. The maximum atomic E-state index is 5.28. The van der Waals surface area contributed by atoms with Gasteiger partial charge in [0.15, 0.2) is 11.5 Å². The zero-order chi connectivity index (χ0) is 12.8. The molecule has 0 N–H and O–H groups in total. The molecule has 98 valence electrons. The van der Waals surface area contributed by atoms with Gasteiger partial charge in [0.1, 0.15) is 0 Å². The van der Waals surface area contributed by atoms with Crippen molar-refractivity contribution in [1.82, 2.24) is 0 Å². The molecule has 0 amide bonds. The van der Waals surface area contributed by atoms with Crippen LogP contribution in [-0.4, -0.2) is 26.5 Å². The Balaban J connectivity index is 2.06. The molecule has 0 aromatic heterocycles. The summed E-state index contributed by atoms with van der Waals surface area (Å²) >= 11 is 0. The highest BCUT2D eigenvalue weighted by molar-refractivity contribution is 5.81. The number of ether oxygens (including phenoxy) is 2. The van der Waals surface area contributed by atoms with Crippen LogP contribution < -0.4 is 9.47 Å². The molecule has 1 aromatic carbocycles. The van der Waals surface area contributed by atoms with E-state index in [9.17, 15) is 0 Å². The van der Waals surface area contributed by atoms with E-state index in [1.54, 1.807) is 14.2 Å². The maximum absolute atomic E-state index is 5.28. The fourth-order valence-electron chi connectivity index (χ4n) is 2.35. The minimum Gasteiger partial charge on any atom is -0.493 e. The van der Waals surface area contributed by atoms with Crippen LogP contribution in [0.3, 0.4) is 0 Å². The third kappa shape index (κ3) is 3.25. The average molecular weight is 247 g/mol. The summed E-state index contributed by atoms with van der Waals surface area (Å²) in [6.45, 7) is 0. The number of benzene rings is 1. The van der Waals surface area contributed by atoms with Crippen molar-refractivity contribution in [2.24, 2.45) is 4.99 Å². The van der Waals surface area contributed by atoms with Crippen LogP contribution in [0.1, 0.15) is 37.7 Å². The monoisotopic (exact) mass is 247 g/mol. The third-order valence-corrected chi connectivity index (χ3v) is 3.42. The van der Waals surface area contributed by atoms with Crippen molar-refractivity contribution in [2.45, 2.75) is 38.1 Å². The van der Waals surface area contributed by atoms with E-state index in [0.717, 1.165) is 17.1 Å². The van der Waals surface area contributed by atoms with Crippen molar-refractivity contribution >= 4 is 6.21 Å². The van der Waals surface area contributed by atoms with Gasteiger partial charge in [0.2, 0.25) is 0 Å².